The zero-order valence-electron chi connectivity index (χ0n) is 17.0. The third-order valence-corrected chi connectivity index (χ3v) is 4.56. The molecule has 0 bridgehead atoms. The summed E-state index contributed by atoms with van der Waals surface area (Å²) in [5.41, 5.74) is 1.02. The van der Waals surface area contributed by atoms with E-state index in [0.717, 1.165) is 0 Å². The van der Waals surface area contributed by atoms with Crippen LogP contribution in [0.5, 0.6) is 0 Å². The Hall–Kier alpha value is -3.10. The molecule has 1 heterocycles. The van der Waals surface area contributed by atoms with Gasteiger partial charge in [0.1, 0.15) is 12.6 Å². The number of urea groups is 1. The van der Waals surface area contributed by atoms with E-state index in [0.29, 0.717) is 17.8 Å². The lowest BCUT2D eigenvalue weighted by atomic mass is 10.0. The van der Waals surface area contributed by atoms with Gasteiger partial charge in [0, 0.05) is 0 Å². The number of benzene rings is 1. The maximum Gasteiger partial charge on any atom is 0.323 e. The van der Waals surface area contributed by atoms with Crippen LogP contribution in [0.4, 0.5) is 16.2 Å². The molecule has 0 aromatic heterocycles. The van der Waals surface area contributed by atoms with Gasteiger partial charge in [-0.15, -0.1) is 0 Å². The molecule has 0 saturated carbocycles. The second-order valence-corrected chi connectivity index (χ2v) is 7.83. The molecule has 0 unspecified atom stereocenters. The van der Waals surface area contributed by atoms with E-state index in [9.17, 15) is 24.3 Å². The highest BCUT2D eigenvalue weighted by molar-refractivity contribution is 6.10. The van der Waals surface area contributed by atoms with Crippen LogP contribution in [0.1, 0.15) is 34.1 Å². The molecular weight excluding hydrogens is 376 g/mol. The number of carbonyl (C=O) groups is 4. The van der Waals surface area contributed by atoms with Gasteiger partial charge in [0.15, 0.2) is 0 Å². The number of fused-ring (bicyclic) bond motifs is 1. The fraction of sp³-hybridized carbons (Fsp3) is 0.500. The Balaban J connectivity index is 2.19. The minimum atomic E-state index is -1.38. The minimum absolute atomic E-state index is 0.0587. The van der Waals surface area contributed by atoms with Crippen molar-refractivity contribution in [3.63, 3.8) is 0 Å². The van der Waals surface area contributed by atoms with Crippen molar-refractivity contribution in [1.29, 1.82) is 0 Å². The Morgan fingerprint density at radius 2 is 1.79 bits per heavy atom. The molecule has 0 fully saturated rings. The highest BCUT2D eigenvalue weighted by Gasteiger charge is 2.31. The van der Waals surface area contributed by atoms with Crippen LogP contribution in [-0.4, -0.2) is 42.4 Å². The minimum Gasteiger partial charge on any atom is -0.548 e. The Kier molecular flexibility index (Phi) is 7.19. The Morgan fingerprint density at radius 1 is 1.14 bits per heavy atom. The van der Waals surface area contributed by atoms with E-state index in [-0.39, 0.29) is 24.3 Å². The fourth-order valence-corrected chi connectivity index (χ4v) is 3.10. The first-order valence-corrected chi connectivity index (χ1v) is 9.58. The summed E-state index contributed by atoms with van der Waals surface area (Å²) in [5, 5.41) is 19.1. The van der Waals surface area contributed by atoms with Crippen molar-refractivity contribution in [2.45, 2.75) is 46.2 Å². The first-order chi connectivity index (χ1) is 13.6. The van der Waals surface area contributed by atoms with Gasteiger partial charge in [-0.05, 0) is 30.4 Å². The summed E-state index contributed by atoms with van der Waals surface area (Å²) >= 11 is 0. The summed E-state index contributed by atoms with van der Waals surface area (Å²) in [6.07, 6.45) is 0.303. The highest BCUT2D eigenvalue weighted by atomic mass is 16.4. The molecule has 4 amide bonds. The summed E-state index contributed by atoms with van der Waals surface area (Å²) < 4.78 is 0. The van der Waals surface area contributed by atoms with E-state index in [4.69, 9.17) is 0 Å². The molecule has 9 heteroatoms. The topological polar surface area (TPSA) is 131 Å². The predicted octanol–water partition coefficient (Wildman–Crippen LogP) is 0.460. The lowest BCUT2D eigenvalue weighted by Gasteiger charge is -2.32. The zero-order valence-corrected chi connectivity index (χ0v) is 17.0. The molecule has 0 aliphatic carbocycles. The van der Waals surface area contributed by atoms with E-state index >= 15 is 0 Å². The van der Waals surface area contributed by atoms with Crippen molar-refractivity contribution in [3.8, 4) is 0 Å². The van der Waals surface area contributed by atoms with Crippen LogP contribution >= 0.6 is 0 Å². The van der Waals surface area contributed by atoms with Crippen LogP contribution in [0, 0.1) is 11.8 Å². The number of amides is 4. The molecule has 29 heavy (non-hydrogen) atoms. The van der Waals surface area contributed by atoms with Crippen molar-refractivity contribution < 1.29 is 24.3 Å². The Labute approximate surface area is 169 Å². The number of hydrogen-bond acceptors (Lipinski definition) is 5. The van der Waals surface area contributed by atoms with Gasteiger partial charge in [-0.3, -0.25) is 14.5 Å². The lowest BCUT2D eigenvalue weighted by Crippen LogP contribution is -2.58. The van der Waals surface area contributed by atoms with E-state index in [1.54, 1.807) is 38.1 Å². The van der Waals surface area contributed by atoms with Crippen molar-refractivity contribution in [3.05, 3.63) is 24.3 Å². The van der Waals surface area contributed by atoms with Crippen molar-refractivity contribution in [2.75, 3.05) is 16.8 Å². The summed E-state index contributed by atoms with van der Waals surface area (Å²) in [6.45, 7) is 6.89. The first-order valence-electron chi connectivity index (χ1n) is 9.58. The zero-order chi connectivity index (χ0) is 21.7. The molecule has 158 valence electrons. The monoisotopic (exact) mass is 403 g/mol. The SMILES string of the molecule is CC(C)C[C@H](NC(=O)N1CC(=O)Nc2ccccc21)C(=O)N[C@@H](C(=O)[O-])C(C)C. The van der Waals surface area contributed by atoms with Crippen molar-refractivity contribution in [1.82, 2.24) is 10.6 Å². The highest BCUT2D eigenvalue weighted by Crippen LogP contribution is 2.28. The molecule has 1 aromatic carbocycles. The number of carbonyl (C=O) groups excluding carboxylic acids is 4. The van der Waals surface area contributed by atoms with Gasteiger partial charge in [0.05, 0.1) is 23.4 Å². The van der Waals surface area contributed by atoms with E-state index in [1.807, 2.05) is 13.8 Å². The average molecular weight is 403 g/mol. The predicted molar refractivity (Wildman–Crippen MR) is 106 cm³/mol. The van der Waals surface area contributed by atoms with E-state index in [1.165, 1.54) is 4.90 Å². The second kappa shape index (κ2) is 9.40. The van der Waals surface area contributed by atoms with Gasteiger partial charge >= 0.3 is 6.03 Å². The van der Waals surface area contributed by atoms with Gasteiger partial charge in [-0.25, -0.2) is 4.79 Å². The number of anilines is 2. The Bertz CT molecular complexity index is 793. The first kappa shape index (κ1) is 22.2. The molecule has 1 aromatic rings. The Morgan fingerprint density at radius 3 is 2.38 bits per heavy atom. The van der Waals surface area contributed by atoms with Crippen LogP contribution in [0.15, 0.2) is 24.3 Å². The van der Waals surface area contributed by atoms with Crippen LogP contribution in [0.3, 0.4) is 0 Å². The largest absolute Gasteiger partial charge is 0.548 e. The number of aliphatic carboxylic acids is 1. The quantitative estimate of drug-likeness (QED) is 0.609. The molecule has 2 rings (SSSR count). The smallest absolute Gasteiger partial charge is 0.323 e. The van der Waals surface area contributed by atoms with Gasteiger partial charge in [-0.2, -0.15) is 0 Å². The molecule has 1 aliphatic heterocycles. The molecule has 0 radical (unpaired) electrons. The number of rotatable bonds is 7. The van der Waals surface area contributed by atoms with E-state index in [2.05, 4.69) is 16.0 Å². The molecule has 2 atom stereocenters. The van der Waals surface area contributed by atoms with E-state index < -0.39 is 30.0 Å². The summed E-state index contributed by atoms with van der Waals surface area (Å²) in [6, 6.07) is 4.11. The van der Waals surface area contributed by atoms with Crippen molar-refractivity contribution >= 4 is 35.2 Å². The number of carboxylic acid groups (broad SMARTS) is 1. The third-order valence-electron chi connectivity index (χ3n) is 4.56. The average Bonchev–Trinajstić information content (AvgIpc) is 2.63. The van der Waals surface area contributed by atoms with Gasteiger partial charge in [0.2, 0.25) is 11.8 Å². The molecule has 0 spiro atoms. The van der Waals surface area contributed by atoms with Gasteiger partial charge in [-0.1, -0.05) is 39.8 Å². The maximum atomic E-state index is 12.9. The third kappa shape index (κ3) is 5.69. The normalized spacial score (nSPS) is 15.4. The van der Waals surface area contributed by atoms with Crippen LogP contribution < -0.4 is 26.0 Å². The number of hydrogen-bond donors (Lipinski definition) is 3. The van der Waals surface area contributed by atoms with Gasteiger partial charge < -0.3 is 25.9 Å². The second-order valence-electron chi connectivity index (χ2n) is 7.83. The number of nitrogens with zero attached hydrogens (tertiary/aromatic N) is 1. The maximum absolute atomic E-state index is 12.9. The summed E-state index contributed by atoms with van der Waals surface area (Å²) in [7, 11) is 0. The molecule has 9 nitrogen and oxygen atoms in total. The number of para-hydroxylation sites is 2. The number of carboxylic acids is 1. The van der Waals surface area contributed by atoms with Crippen molar-refractivity contribution in [2.24, 2.45) is 11.8 Å². The fourth-order valence-electron chi connectivity index (χ4n) is 3.10. The van der Waals surface area contributed by atoms with Crippen LogP contribution in [-0.2, 0) is 14.4 Å². The summed E-state index contributed by atoms with van der Waals surface area (Å²) in [4.78, 5) is 50.1. The van der Waals surface area contributed by atoms with Gasteiger partial charge in [0.25, 0.3) is 0 Å². The van der Waals surface area contributed by atoms with Crippen LogP contribution in [0.2, 0.25) is 0 Å². The summed E-state index contributed by atoms with van der Waals surface area (Å²) in [5.74, 6) is -2.66. The molecular formula is C20H27N4O5-. The van der Waals surface area contributed by atoms with Crippen LogP contribution in [0.25, 0.3) is 0 Å². The molecule has 3 N–H and O–H groups in total. The number of nitrogens with one attached hydrogen (secondary N) is 3. The lowest BCUT2D eigenvalue weighted by molar-refractivity contribution is -0.309. The molecule has 0 saturated heterocycles. The standard InChI is InChI=1S/C20H28N4O5/c1-11(2)9-14(18(26)23-17(12(3)4)19(27)28)22-20(29)24-10-16(25)21-13-7-5-6-8-15(13)24/h5-8,11-12,14,17H,9-10H2,1-4H3,(H,21,25)(H,22,29)(H,23,26)(H,27,28)/p-1/t14-,17+/m0/s1. The molecule has 1 aliphatic rings.